The molecular weight excluding hydrogens is 416 g/mol. The Morgan fingerprint density at radius 3 is 2.80 bits per heavy atom. The van der Waals surface area contributed by atoms with Crippen molar-refractivity contribution >= 4 is 45.8 Å². The number of fused-ring (bicyclic) bond motifs is 1. The molecule has 2 aromatic rings. The van der Waals surface area contributed by atoms with Crippen LogP contribution in [-0.2, 0) is 4.79 Å². The first-order chi connectivity index (χ1) is 14.5. The number of thioether (sulfide) groups is 1. The second-order valence-electron chi connectivity index (χ2n) is 7.45. The number of amides is 2. The van der Waals surface area contributed by atoms with Crippen LogP contribution in [-0.4, -0.2) is 53.2 Å². The molecule has 0 aliphatic carbocycles. The van der Waals surface area contributed by atoms with Gasteiger partial charge < -0.3 is 15.1 Å². The van der Waals surface area contributed by atoms with E-state index >= 15 is 0 Å². The molecule has 2 amide bonds. The SMILES string of the molecule is CC1=C(C(=O)N(C)C)C(c2cccc(NC(=O)c3cccs3)c2)N2CCCSC2=N1. The normalized spacial score (nSPS) is 18.6. The van der Waals surface area contributed by atoms with Gasteiger partial charge in [-0.2, -0.15) is 0 Å². The van der Waals surface area contributed by atoms with Gasteiger partial charge >= 0.3 is 0 Å². The first-order valence-electron chi connectivity index (χ1n) is 9.81. The number of hydrogen-bond donors (Lipinski definition) is 1. The molecule has 3 heterocycles. The van der Waals surface area contributed by atoms with Gasteiger partial charge in [-0.05, 0) is 42.5 Å². The zero-order chi connectivity index (χ0) is 21.3. The van der Waals surface area contributed by atoms with Crippen LogP contribution in [0.2, 0.25) is 0 Å². The molecular formula is C22H24N4O2S2. The number of anilines is 1. The molecule has 0 saturated carbocycles. The largest absolute Gasteiger partial charge is 0.345 e. The van der Waals surface area contributed by atoms with E-state index in [2.05, 4.69) is 10.2 Å². The standard InChI is InChI=1S/C22H24N4O2S2/c1-14-18(21(28)25(2)3)19(26-10-6-12-30-22(26)23-14)15-7-4-8-16(13-15)24-20(27)17-9-5-11-29-17/h4-5,7-9,11,13,19H,6,10,12H2,1-3H3,(H,24,27). The summed E-state index contributed by atoms with van der Waals surface area (Å²) in [6.07, 6.45) is 1.04. The average Bonchev–Trinajstić information content (AvgIpc) is 3.27. The van der Waals surface area contributed by atoms with Gasteiger partial charge in [-0.3, -0.25) is 9.59 Å². The van der Waals surface area contributed by atoms with Crippen molar-refractivity contribution in [3.05, 3.63) is 63.5 Å². The van der Waals surface area contributed by atoms with E-state index in [4.69, 9.17) is 4.99 Å². The number of nitrogens with zero attached hydrogens (tertiary/aromatic N) is 3. The molecule has 1 N–H and O–H groups in total. The van der Waals surface area contributed by atoms with Gasteiger partial charge in [0.1, 0.15) is 0 Å². The van der Waals surface area contributed by atoms with Crippen LogP contribution in [0.1, 0.15) is 34.6 Å². The van der Waals surface area contributed by atoms with E-state index in [1.54, 1.807) is 36.8 Å². The number of likely N-dealkylation sites (N-methyl/N-ethyl adjacent to an activating group) is 1. The summed E-state index contributed by atoms with van der Waals surface area (Å²) in [5.74, 6) is 0.866. The van der Waals surface area contributed by atoms with E-state index in [1.165, 1.54) is 11.3 Å². The van der Waals surface area contributed by atoms with Gasteiger partial charge in [0.15, 0.2) is 5.17 Å². The molecule has 30 heavy (non-hydrogen) atoms. The number of rotatable bonds is 4. The van der Waals surface area contributed by atoms with Crippen molar-refractivity contribution in [2.75, 3.05) is 31.7 Å². The predicted octanol–water partition coefficient (Wildman–Crippen LogP) is 4.21. The van der Waals surface area contributed by atoms with Gasteiger partial charge in [0, 0.05) is 32.1 Å². The second-order valence-corrected chi connectivity index (χ2v) is 9.46. The van der Waals surface area contributed by atoms with Gasteiger partial charge in [-0.25, -0.2) is 4.99 Å². The maximum atomic E-state index is 13.1. The molecule has 1 fully saturated rings. The highest BCUT2D eigenvalue weighted by atomic mass is 32.2. The van der Waals surface area contributed by atoms with Gasteiger partial charge in [-0.15, -0.1) is 11.3 Å². The smallest absolute Gasteiger partial charge is 0.265 e. The minimum Gasteiger partial charge on any atom is -0.345 e. The summed E-state index contributed by atoms with van der Waals surface area (Å²) >= 11 is 3.14. The van der Waals surface area contributed by atoms with Crippen LogP contribution in [0.15, 0.2) is 58.0 Å². The quantitative estimate of drug-likeness (QED) is 0.773. The van der Waals surface area contributed by atoms with Gasteiger partial charge in [0.2, 0.25) is 0 Å². The Balaban J connectivity index is 1.72. The zero-order valence-electron chi connectivity index (χ0n) is 17.2. The third-order valence-electron chi connectivity index (χ3n) is 5.10. The number of allylic oxidation sites excluding steroid dienone is 1. The maximum Gasteiger partial charge on any atom is 0.265 e. The van der Waals surface area contributed by atoms with Crippen LogP contribution in [0, 0.1) is 0 Å². The van der Waals surface area contributed by atoms with Crippen molar-refractivity contribution in [2.24, 2.45) is 4.99 Å². The Morgan fingerprint density at radius 2 is 2.07 bits per heavy atom. The lowest BCUT2D eigenvalue weighted by molar-refractivity contribution is -0.125. The molecule has 0 bridgehead atoms. The summed E-state index contributed by atoms with van der Waals surface area (Å²) in [6.45, 7) is 2.76. The third-order valence-corrected chi connectivity index (χ3v) is 7.05. The van der Waals surface area contributed by atoms with E-state index in [0.29, 0.717) is 16.1 Å². The number of hydrogen-bond acceptors (Lipinski definition) is 6. The fourth-order valence-electron chi connectivity index (χ4n) is 3.72. The number of amidine groups is 1. The predicted molar refractivity (Wildman–Crippen MR) is 124 cm³/mol. The molecule has 1 unspecified atom stereocenters. The Kier molecular flexibility index (Phi) is 5.97. The summed E-state index contributed by atoms with van der Waals surface area (Å²) in [7, 11) is 3.53. The molecule has 0 radical (unpaired) electrons. The summed E-state index contributed by atoms with van der Waals surface area (Å²) in [6, 6.07) is 11.2. The fraction of sp³-hybridized carbons (Fsp3) is 0.318. The van der Waals surface area contributed by atoms with Gasteiger partial charge in [0.05, 0.1) is 22.2 Å². The Hall–Kier alpha value is -2.58. The minimum atomic E-state index is -0.223. The fourth-order valence-corrected chi connectivity index (χ4v) is 5.36. The van der Waals surface area contributed by atoms with Crippen LogP contribution in [0.5, 0.6) is 0 Å². The van der Waals surface area contributed by atoms with Crippen LogP contribution < -0.4 is 5.32 Å². The number of nitrogens with one attached hydrogen (secondary N) is 1. The van der Waals surface area contributed by atoms with Crippen LogP contribution in [0.4, 0.5) is 5.69 Å². The topological polar surface area (TPSA) is 65.0 Å². The van der Waals surface area contributed by atoms with Gasteiger partial charge in [0.25, 0.3) is 11.8 Å². The summed E-state index contributed by atoms with van der Waals surface area (Å²) in [5.41, 5.74) is 3.13. The highest BCUT2D eigenvalue weighted by Crippen LogP contribution is 2.40. The molecule has 1 aromatic heterocycles. The Bertz CT molecular complexity index is 1030. The third kappa shape index (κ3) is 4.02. The number of carbonyl (C=O) groups is 2. The Morgan fingerprint density at radius 1 is 1.23 bits per heavy atom. The van der Waals surface area contributed by atoms with E-state index in [0.717, 1.165) is 35.1 Å². The van der Waals surface area contributed by atoms with Crippen LogP contribution >= 0.6 is 23.1 Å². The number of thiophene rings is 1. The number of benzene rings is 1. The minimum absolute atomic E-state index is 0.0381. The van der Waals surface area contributed by atoms with Crippen LogP contribution in [0.3, 0.4) is 0 Å². The zero-order valence-corrected chi connectivity index (χ0v) is 18.8. The molecule has 8 heteroatoms. The summed E-state index contributed by atoms with van der Waals surface area (Å²) < 4.78 is 0. The van der Waals surface area contributed by atoms with E-state index < -0.39 is 0 Å². The van der Waals surface area contributed by atoms with Gasteiger partial charge in [-0.1, -0.05) is 30.0 Å². The second kappa shape index (κ2) is 8.65. The highest BCUT2D eigenvalue weighted by Gasteiger charge is 2.37. The van der Waals surface area contributed by atoms with E-state index in [-0.39, 0.29) is 17.9 Å². The first kappa shape index (κ1) is 20.7. The molecule has 1 atom stereocenters. The molecule has 1 aromatic carbocycles. The number of aliphatic imine (C=N–C) groups is 1. The van der Waals surface area contributed by atoms with E-state index in [9.17, 15) is 9.59 Å². The highest BCUT2D eigenvalue weighted by molar-refractivity contribution is 8.13. The molecule has 0 spiro atoms. The number of carbonyl (C=O) groups excluding carboxylic acids is 2. The lowest BCUT2D eigenvalue weighted by atomic mass is 9.93. The van der Waals surface area contributed by atoms with Crippen molar-refractivity contribution in [1.82, 2.24) is 9.80 Å². The summed E-state index contributed by atoms with van der Waals surface area (Å²) in [4.78, 5) is 34.8. The van der Waals surface area contributed by atoms with Crippen molar-refractivity contribution in [1.29, 1.82) is 0 Å². The first-order valence-corrected chi connectivity index (χ1v) is 11.7. The molecule has 1 saturated heterocycles. The molecule has 156 valence electrons. The van der Waals surface area contributed by atoms with Crippen molar-refractivity contribution in [3.8, 4) is 0 Å². The van der Waals surface area contributed by atoms with Crippen molar-refractivity contribution in [2.45, 2.75) is 19.4 Å². The molecule has 4 rings (SSSR count). The average molecular weight is 441 g/mol. The van der Waals surface area contributed by atoms with Crippen molar-refractivity contribution in [3.63, 3.8) is 0 Å². The molecule has 2 aliphatic heterocycles. The Labute approximate surface area is 184 Å². The van der Waals surface area contributed by atoms with Crippen molar-refractivity contribution < 1.29 is 9.59 Å². The maximum absolute atomic E-state index is 13.1. The molecule has 2 aliphatic rings. The monoisotopic (exact) mass is 440 g/mol. The summed E-state index contributed by atoms with van der Waals surface area (Å²) in [5, 5.41) is 5.83. The lowest BCUT2D eigenvalue weighted by Crippen LogP contribution is -2.43. The van der Waals surface area contributed by atoms with E-state index in [1.807, 2.05) is 42.6 Å². The van der Waals surface area contributed by atoms with Crippen LogP contribution in [0.25, 0.3) is 0 Å². The lowest BCUT2D eigenvalue weighted by Gasteiger charge is -2.41. The molecule has 6 nitrogen and oxygen atoms in total.